The van der Waals surface area contributed by atoms with Gasteiger partial charge in [0.05, 0.1) is 26.0 Å². The van der Waals surface area contributed by atoms with E-state index < -0.39 is 0 Å². The van der Waals surface area contributed by atoms with Crippen molar-refractivity contribution >= 4 is 17.7 Å². The SMILES string of the molecule is COc1ccc(SCC(=O)N2CCCCCC2c2ccc(OC)cc2)cc1. The molecule has 1 fully saturated rings. The average Bonchev–Trinajstić information content (AvgIpc) is 2.98. The van der Waals surface area contributed by atoms with Crippen molar-refractivity contribution in [2.24, 2.45) is 0 Å². The van der Waals surface area contributed by atoms with Gasteiger partial charge in [-0.2, -0.15) is 0 Å². The molecule has 3 rings (SSSR count). The zero-order valence-electron chi connectivity index (χ0n) is 16.0. The maximum absolute atomic E-state index is 13.0. The summed E-state index contributed by atoms with van der Waals surface area (Å²) in [6.45, 7) is 0.832. The van der Waals surface area contributed by atoms with Crippen LogP contribution in [-0.4, -0.2) is 37.3 Å². The number of amides is 1. The van der Waals surface area contributed by atoms with Crippen molar-refractivity contribution in [1.82, 2.24) is 4.90 Å². The molecule has 1 aliphatic rings. The third-order valence-corrected chi connectivity index (χ3v) is 5.99. The lowest BCUT2D eigenvalue weighted by Crippen LogP contribution is -2.36. The summed E-state index contributed by atoms with van der Waals surface area (Å²) in [5.41, 5.74) is 1.19. The summed E-state index contributed by atoms with van der Waals surface area (Å²) in [7, 11) is 3.33. The van der Waals surface area contributed by atoms with Crippen LogP contribution in [0.15, 0.2) is 53.4 Å². The van der Waals surface area contributed by atoms with E-state index in [0.29, 0.717) is 5.75 Å². The number of rotatable bonds is 6. The minimum absolute atomic E-state index is 0.155. The van der Waals surface area contributed by atoms with E-state index in [9.17, 15) is 4.79 Å². The highest BCUT2D eigenvalue weighted by Crippen LogP contribution is 2.32. The molecule has 0 bridgehead atoms. The van der Waals surface area contributed by atoms with Crippen LogP contribution in [0.1, 0.15) is 37.3 Å². The van der Waals surface area contributed by atoms with Crippen molar-refractivity contribution in [3.05, 3.63) is 54.1 Å². The second kappa shape index (κ2) is 9.70. The van der Waals surface area contributed by atoms with Gasteiger partial charge in [-0.15, -0.1) is 11.8 Å². The van der Waals surface area contributed by atoms with Crippen LogP contribution in [-0.2, 0) is 4.79 Å². The lowest BCUT2D eigenvalue weighted by molar-refractivity contribution is -0.130. The smallest absolute Gasteiger partial charge is 0.233 e. The van der Waals surface area contributed by atoms with E-state index >= 15 is 0 Å². The van der Waals surface area contributed by atoms with Crippen molar-refractivity contribution in [2.45, 2.75) is 36.6 Å². The van der Waals surface area contributed by atoms with E-state index in [2.05, 4.69) is 17.0 Å². The van der Waals surface area contributed by atoms with Crippen LogP contribution >= 0.6 is 11.8 Å². The molecular formula is C22H27NO3S. The fraction of sp³-hybridized carbons (Fsp3) is 0.409. The highest BCUT2D eigenvalue weighted by atomic mass is 32.2. The number of methoxy groups -OCH3 is 2. The second-order valence-electron chi connectivity index (χ2n) is 6.69. The molecule has 0 aliphatic carbocycles. The van der Waals surface area contributed by atoms with Gasteiger partial charge in [0.2, 0.25) is 5.91 Å². The van der Waals surface area contributed by atoms with Crippen molar-refractivity contribution in [2.75, 3.05) is 26.5 Å². The predicted molar refractivity (Wildman–Crippen MR) is 110 cm³/mol. The Labute approximate surface area is 165 Å². The minimum atomic E-state index is 0.155. The van der Waals surface area contributed by atoms with Crippen LogP contribution in [0.2, 0.25) is 0 Å². The Bertz CT molecular complexity index is 730. The number of hydrogen-bond acceptors (Lipinski definition) is 4. The summed E-state index contributed by atoms with van der Waals surface area (Å²) < 4.78 is 10.5. The van der Waals surface area contributed by atoms with Crippen LogP contribution in [0.4, 0.5) is 0 Å². The second-order valence-corrected chi connectivity index (χ2v) is 7.74. The Morgan fingerprint density at radius 2 is 1.59 bits per heavy atom. The van der Waals surface area contributed by atoms with Gasteiger partial charge >= 0.3 is 0 Å². The molecule has 5 heteroatoms. The molecule has 0 N–H and O–H groups in total. The highest BCUT2D eigenvalue weighted by molar-refractivity contribution is 8.00. The summed E-state index contributed by atoms with van der Waals surface area (Å²) in [6.07, 6.45) is 4.44. The van der Waals surface area contributed by atoms with Gasteiger partial charge in [-0.3, -0.25) is 4.79 Å². The molecule has 2 aromatic carbocycles. The normalized spacial score (nSPS) is 17.3. The fourth-order valence-corrected chi connectivity index (χ4v) is 4.26. The molecule has 1 saturated heterocycles. The van der Waals surface area contributed by atoms with Crippen LogP contribution in [0.3, 0.4) is 0 Å². The molecule has 0 spiro atoms. The molecule has 0 saturated carbocycles. The molecule has 4 nitrogen and oxygen atoms in total. The van der Waals surface area contributed by atoms with Gasteiger partial charge in [-0.1, -0.05) is 25.0 Å². The van der Waals surface area contributed by atoms with Crippen LogP contribution in [0, 0.1) is 0 Å². The molecule has 0 aromatic heterocycles. The summed E-state index contributed by atoms with van der Waals surface area (Å²) in [5.74, 6) is 2.34. The van der Waals surface area contributed by atoms with Crippen LogP contribution < -0.4 is 9.47 Å². The first-order valence-electron chi connectivity index (χ1n) is 9.41. The van der Waals surface area contributed by atoms with Crippen molar-refractivity contribution in [3.63, 3.8) is 0 Å². The van der Waals surface area contributed by atoms with E-state index in [4.69, 9.17) is 9.47 Å². The topological polar surface area (TPSA) is 38.8 Å². The number of ether oxygens (including phenoxy) is 2. The molecule has 1 heterocycles. The van der Waals surface area contributed by atoms with E-state index in [-0.39, 0.29) is 11.9 Å². The van der Waals surface area contributed by atoms with Gasteiger partial charge < -0.3 is 14.4 Å². The van der Waals surface area contributed by atoms with Crippen LogP contribution in [0.25, 0.3) is 0 Å². The first-order valence-corrected chi connectivity index (χ1v) is 10.4. The van der Waals surface area contributed by atoms with Crippen molar-refractivity contribution in [1.29, 1.82) is 0 Å². The van der Waals surface area contributed by atoms with Gasteiger partial charge in [0.15, 0.2) is 0 Å². The largest absolute Gasteiger partial charge is 0.497 e. The summed E-state index contributed by atoms with van der Waals surface area (Å²) in [6, 6.07) is 16.2. The number of benzene rings is 2. The van der Waals surface area contributed by atoms with E-state index in [1.807, 2.05) is 36.4 Å². The molecule has 1 aliphatic heterocycles. The Hall–Kier alpha value is -2.14. The van der Waals surface area contributed by atoms with Crippen molar-refractivity contribution < 1.29 is 14.3 Å². The maximum Gasteiger partial charge on any atom is 0.233 e. The Balaban J connectivity index is 1.68. The summed E-state index contributed by atoms with van der Waals surface area (Å²) in [5, 5.41) is 0. The van der Waals surface area contributed by atoms with E-state index in [0.717, 1.165) is 42.2 Å². The quantitative estimate of drug-likeness (QED) is 0.660. The molecule has 144 valence electrons. The Morgan fingerprint density at radius 3 is 2.22 bits per heavy atom. The fourth-order valence-electron chi connectivity index (χ4n) is 3.48. The van der Waals surface area contributed by atoms with Gasteiger partial charge in [-0.05, 0) is 54.8 Å². The van der Waals surface area contributed by atoms with Gasteiger partial charge in [0.25, 0.3) is 0 Å². The zero-order valence-corrected chi connectivity index (χ0v) is 16.8. The van der Waals surface area contributed by atoms with Crippen molar-refractivity contribution in [3.8, 4) is 11.5 Å². The monoisotopic (exact) mass is 385 g/mol. The summed E-state index contributed by atoms with van der Waals surface area (Å²) >= 11 is 1.58. The molecule has 0 radical (unpaired) electrons. The van der Waals surface area contributed by atoms with Gasteiger partial charge in [0, 0.05) is 11.4 Å². The number of likely N-dealkylation sites (tertiary alicyclic amines) is 1. The molecular weight excluding hydrogens is 358 g/mol. The zero-order chi connectivity index (χ0) is 19.1. The Kier molecular flexibility index (Phi) is 7.04. The highest BCUT2D eigenvalue weighted by Gasteiger charge is 2.26. The average molecular weight is 386 g/mol. The first-order chi connectivity index (χ1) is 13.2. The molecule has 27 heavy (non-hydrogen) atoms. The lowest BCUT2D eigenvalue weighted by Gasteiger charge is -2.30. The van der Waals surface area contributed by atoms with E-state index in [1.54, 1.807) is 26.0 Å². The number of thioether (sulfide) groups is 1. The summed E-state index contributed by atoms with van der Waals surface area (Å²) in [4.78, 5) is 16.2. The first kappa shape index (κ1) is 19.6. The Morgan fingerprint density at radius 1 is 0.963 bits per heavy atom. The lowest BCUT2D eigenvalue weighted by atomic mass is 10.0. The number of carbonyl (C=O) groups excluding carboxylic acids is 1. The third-order valence-electron chi connectivity index (χ3n) is 5.00. The predicted octanol–water partition coefficient (Wildman–Crippen LogP) is 4.94. The molecule has 1 amide bonds. The number of carbonyl (C=O) groups is 1. The van der Waals surface area contributed by atoms with E-state index in [1.165, 1.54) is 12.0 Å². The molecule has 1 unspecified atom stereocenters. The third kappa shape index (κ3) is 5.19. The number of nitrogens with zero attached hydrogens (tertiary/aromatic N) is 1. The minimum Gasteiger partial charge on any atom is -0.497 e. The standard InChI is InChI=1S/C22H27NO3S/c1-25-18-9-7-17(8-10-18)21-6-4-3-5-15-23(21)22(24)16-27-20-13-11-19(26-2)12-14-20/h7-14,21H,3-6,15-16H2,1-2H3. The van der Waals surface area contributed by atoms with Crippen LogP contribution in [0.5, 0.6) is 11.5 Å². The van der Waals surface area contributed by atoms with Gasteiger partial charge in [-0.25, -0.2) is 0 Å². The maximum atomic E-state index is 13.0. The molecule has 2 aromatic rings. The number of hydrogen-bond donors (Lipinski definition) is 0. The van der Waals surface area contributed by atoms with Gasteiger partial charge in [0.1, 0.15) is 11.5 Å². The molecule has 1 atom stereocenters.